The van der Waals surface area contributed by atoms with E-state index >= 15 is 0 Å². The van der Waals surface area contributed by atoms with E-state index in [-0.39, 0.29) is 11.4 Å². The van der Waals surface area contributed by atoms with E-state index in [4.69, 9.17) is 9.47 Å². The van der Waals surface area contributed by atoms with Crippen LogP contribution < -0.4 is 0 Å². The number of ether oxygens (including phenoxy) is 2. The number of hydrogen-bond donors (Lipinski definition) is 0. The fourth-order valence-corrected chi connectivity index (χ4v) is 1.43. The topological polar surface area (TPSA) is 35.5 Å². The summed E-state index contributed by atoms with van der Waals surface area (Å²) in [5.74, 6) is -0.260. The number of esters is 1. The first kappa shape index (κ1) is 10.2. The van der Waals surface area contributed by atoms with Crippen LogP contribution in [-0.2, 0) is 9.47 Å². The number of hydrogen-bond acceptors (Lipinski definition) is 3. The molecule has 0 N–H and O–H groups in total. The van der Waals surface area contributed by atoms with Crippen LogP contribution in [0.3, 0.4) is 0 Å². The van der Waals surface area contributed by atoms with Crippen molar-refractivity contribution in [2.45, 2.75) is 6.92 Å². The molecule has 1 heterocycles. The molecule has 1 aromatic carbocycles. The molecule has 1 fully saturated rings. The van der Waals surface area contributed by atoms with Gasteiger partial charge in [0.05, 0.1) is 18.8 Å². The molecule has 0 atom stereocenters. The van der Waals surface area contributed by atoms with E-state index in [1.54, 1.807) is 12.1 Å². The fraction of sp³-hybridized carbons (Fsp3) is 0.417. The van der Waals surface area contributed by atoms with E-state index in [2.05, 4.69) is 6.92 Å². The third kappa shape index (κ3) is 2.36. The monoisotopic (exact) mass is 206 g/mol. The molecule has 0 aromatic heterocycles. The summed E-state index contributed by atoms with van der Waals surface area (Å²) in [5.41, 5.74) is 0.617. The summed E-state index contributed by atoms with van der Waals surface area (Å²) in [6.07, 6.45) is 0. The summed E-state index contributed by atoms with van der Waals surface area (Å²) in [6.45, 7) is 3.83. The first-order valence-corrected chi connectivity index (χ1v) is 5.00. The molecule has 0 radical (unpaired) electrons. The maximum Gasteiger partial charge on any atom is 0.338 e. The fourth-order valence-electron chi connectivity index (χ4n) is 1.43. The molecule has 0 bridgehead atoms. The van der Waals surface area contributed by atoms with Crippen LogP contribution in [0.2, 0.25) is 0 Å². The maximum atomic E-state index is 11.6. The van der Waals surface area contributed by atoms with Crippen molar-refractivity contribution in [1.29, 1.82) is 0 Å². The highest BCUT2D eigenvalue weighted by molar-refractivity contribution is 5.89. The van der Waals surface area contributed by atoms with Crippen LogP contribution in [0.5, 0.6) is 0 Å². The second-order valence-corrected chi connectivity index (χ2v) is 4.25. The molecule has 0 amide bonds. The van der Waals surface area contributed by atoms with E-state index in [0.717, 1.165) is 0 Å². The van der Waals surface area contributed by atoms with Crippen molar-refractivity contribution in [3.8, 4) is 0 Å². The Bertz CT molecular complexity index is 341. The zero-order valence-electron chi connectivity index (χ0n) is 8.73. The highest BCUT2D eigenvalue weighted by Gasteiger charge is 2.34. The van der Waals surface area contributed by atoms with Gasteiger partial charge in [-0.2, -0.15) is 0 Å². The third-order valence-corrected chi connectivity index (χ3v) is 2.46. The molecule has 0 saturated carbocycles. The first-order valence-electron chi connectivity index (χ1n) is 5.00. The smallest absolute Gasteiger partial charge is 0.338 e. The Balaban J connectivity index is 1.88. The van der Waals surface area contributed by atoms with Crippen LogP contribution in [0.25, 0.3) is 0 Å². The second-order valence-electron chi connectivity index (χ2n) is 4.25. The summed E-state index contributed by atoms with van der Waals surface area (Å²) < 4.78 is 10.3. The van der Waals surface area contributed by atoms with E-state index in [1.165, 1.54) is 0 Å². The Morgan fingerprint density at radius 2 is 2.07 bits per heavy atom. The van der Waals surface area contributed by atoms with Gasteiger partial charge in [0.2, 0.25) is 0 Å². The van der Waals surface area contributed by atoms with Gasteiger partial charge in [-0.15, -0.1) is 0 Å². The highest BCUT2D eigenvalue weighted by atomic mass is 16.5. The molecule has 2 rings (SSSR count). The van der Waals surface area contributed by atoms with Crippen LogP contribution in [0, 0.1) is 5.41 Å². The second kappa shape index (κ2) is 4.03. The van der Waals surface area contributed by atoms with Crippen molar-refractivity contribution in [1.82, 2.24) is 0 Å². The van der Waals surface area contributed by atoms with Gasteiger partial charge in [0.15, 0.2) is 0 Å². The van der Waals surface area contributed by atoms with Gasteiger partial charge in [0, 0.05) is 5.41 Å². The van der Waals surface area contributed by atoms with Crippen LogP contribution in [-0.4, -0.2) is 25.8 Å². The van der Waals surface area contributed by atoms with E-state index in [9.17, 15) is 4.79 Å². The molecule has 0 aliphatic carbocycles. The molecular weight excluding hydrogens is 192 g/mol. The van der Waals surface area contributed by atoms with Crippen molar-refractivity contribution >= 4 is 5.97 Å². The first-order chi connectivity index (χ1) is 7.20. The third-order valence-electron chi connectivity index (χ3n) is 2.46. The van der Waals surface area contributed by atoms with Crippen LogP contribution >= 0.6 is 0 Å². The molecule has 1 aromatic rings. The van der Waals surface area contributed by atoms with Gasteiger partial charge in [-0.05, 0) is 12.1 Å². The average molecular weight is 206 g/mol. The van der Waals surface area contributed by atoms with Crippen molar-refractivity contribution < 1.29 is 14.3 Å². The molecule has 80 valence electrons. The number of benzene rings is 1. The van der Waals surface area contributed by atoms with E-state index < -0.39 is 0 Å². The number of carbonyl (C=O) groups excluding carboxylic acids is 1. The Morgan fingerprint density at radius 3 is 2.60 bits per heavy atom. The lowest BCUT2D eigenvalue weighted by Gasteiger charge is -2.37. The molecule has 1 aliphatic rings. The molecule has 3 nitrogen and oxygen atoms in total. The van der Waals surface area contributed by atoms with Gasteiger partial charge in [0.25, 0.3) is 0 Å². The zero-order chi connectivity index (χ0) is 10.7. The lowest BCUT2D eigenvalue weighted by Crippen LogP contribution is -2.44. The Hall–Kier alpha value is -1.35. The highest BCUT2D eigenvalue weighted by Crippen LogP contribution is 2.26. The minimum absolute atomic E-state index is 0.0183. The molecule has 0 unspecified atom stereocenters. The normalized spacial score (nSPS) is 17.9. The van der Waals surface area contributed by atoms with Crippen LogP contribution in [0.4, 0.5) is 0 Å². The standard InChI is InChI=1S/C12H14O3/c1-12(7-14-8-12)9-15-11(13)10-5-3-2-4-6-10/h2-6H,7-9H2,1H3. The zero-order valence-corrected chi connectivity index (χ0v) is 8.73. The summed E-state index contributed by atoms with van der Waals surface area (Å²) in [7, 11) is 0. The molecule has 15 heavy (non-hydrogen) atoms. The van der Waals surface area contributed by atoms with Gasteiger partial charge < -0.3 is 9.47 Å². The lowest BCUT2D eigenvalue weighted by atomic mass is 9.90. The van der Waals surface area contributed by atoms with E-state index in [0.29, 0.717) is 25.4 Å². The van der Waals surface area contributed by atoms with E-state index in [1.807, 2.05) is 18.2 Å². The predicted molar refractivity (Wildman–Crippen MR) is 55.7 cm³/mol. The number of carbonyl (C=O) groups is 1. The Labute approximate surface area is 89.0 Å². The molecule has 1 saturated heterocycles. The molecule has 1 aliphatic heterocycles. The van der Waals surface area contributed by atoms with Gasteiger partial charge in [-0.1, -0.05) is 25.1 Å². The molecule has 3 heteroatoms. The summed E-state index contributed by atoms with van der Waals surface area (Å²) >= 11 is 0. The maximum absolute atomic E-state index is 11.6. The SMILES string of the molecule is CC1(COC(=O)c2ccccc2)COC1. The lowest BCUT2D eigenvalue weighted by molar-refractivity contribution is -0.127. The minimum Gasteiger partial charge on any atom is -0.461 e. The van der Waals surface area contributed by atoms with Crippen LogP contribution in [0.15, 0.2) is 30.3 Å². The predicted octanol–water partition coefficient (Wildman–Crippen LogP) is 1.88. The Morgan fingerprint density at radius 1 is 1.40 bits per heavy atom. The number of rotatable bonds is 3. The summed E-state index contributed by atoms with van der Waals surface area (Å²) in [6, 6.07) is 9.03. The van der Waals surface area contributed by atoms with Gasteiger partial charge in [-0.25, -0.2) is 4.79 Å². The van der Waals surface area contributed by atoms with Crippen molar-refractivity contribution in [2.24, 2.45) is 5.41 Å². The quantitative estimate of drug-likeness (QED) is 0.708. The molecule has 0 spiro atoms. The minimum atomic E-state index is -0.260. The summed E-state index contributed by atoms with van der Waals surface area (Å²) in [4.78, 5) is 11.6. The van der Waals surface area contributed by atoms with Gasteiger partial charge in [0.1, 0.15) is 6.61 Å². The van der Waals surface area contributed by atoms with Crippen molar-refractivity contribution in [2.75, 3.05) is 19.8 Å². The Kier molecular flexibility index (Phi) is 2.73. The summed E-state index contributed by atoms with van der Waals surface area (Å²) in [5, 5.41) is 0. The van der Waals surface area contributed by atoms with Crippen LogP contribution in [0.1, 0.15) is 17.3 Å². The van der Waals surface area contributed by atoms with Crippen molar-refractivity contribution in [3.63, 3.8) is 0 Å². The molecular formula is C12H14O3. The van der Waals surface area contributed by atoms with Gasteiger partial charge in [-0.3, -0.25) is 0 Å². The average Bonchev–Trinajstić information content (AvgIpc) is 2.24. The van der Waals surface area contributed by atoms with Gasteiger partial charge >= 0.3 is 5.97 Å². The largest absolute Gasteiger partial charge is 0.461 e. The van der Waals surface area contributed by atoms with Crippen molar-refractivity contribution in [3.05, 3.63) is 35.9 Å².